The monoisotopic (exact) mass is 220 g/mol. The third-order valence-corrected chi connectivity index (χ3v) is 3.20. The Balaban J connectivity index is 1.99. The fraction of sp³-hybridized carbons (Fsp3) is 0.538. The van der Waals surface area contributed by atoms with Crippen LogP contribution in [0.5, 0.6) is 0 Å². The third kappa shape index (κ3) is 2.61. The van der Waals surface area contributed by atoms with Gasteiger partial charge in [0.1, 0.15) is 6.23 Å². The van der Waals surface area contributed by atoms with Gasteiger partial charge in [0, 0.05) is 19.1 Å². The summed E-state index contributed by atoms with van der Waals surface area (Å²) in [6, 6.07) is 11.0. The van der Waals surface area contributed by atoms with Crippen LogP contribution in [0.2, 0.25) is 0 Å². The van der Waals surface area contributed by atoms with Crippen molar-refractivity contribution in [1.82, 2.24) is 10.2 Å². The van der Waals surface area contributed by atoms with Crippen molar-refractivity contribution in [3.05, 3.63) is 35.9 Å². The van der Waals surface area contributed by atoms with Crippen molar-refractivity contribution < 1.29 is 4.74 Å². The van der Waals surface area contributed by atoms with Crippen LogP contribution in [0.25, 0.3) is 0 Å². The molecule has 1 saturated heterocycles. The molecule has 1 aromatic carbocycles. The lowest BCUT2D eigenvalue weighted by molar-refractivity contribution is -0.0802. The lowest BCUT2D eigenvalue weighted by atomic mass is 10.1. The maximum absolute atomic E-state index is 5.65. The highest BCUT2D eigenvalue weighted by atomic mass is 16.5. The van der Waals surface area contributed by atoms with Crippen LogP contribution in [0.1, 0.15) is 12.5 Å². The van der Waals surface area contributed by atoms with Crippen LogP contribution >= 0.6 is 0 Å². The molecule has 1 N–H and O–H groups in total. The molecule has 1 fully saturated rings. The molecule has 0 amide bonds. The van der Waals surface area contributed by atoms with E-state index in [1.807, 2.05) is 7.05 Å². The number of hydrogen-bond donors (Lipinski definition) is 1. The summed E-state index contributed by atoms with van der Waals surface area (Å²) in [7, 11) is 1.95. The van der Waals surface area contributed by atoms with E-state index in [0.29, 0.717) is 6.04 Å². The maximum atomic E-state index is 5.65. The minimum atomic E-state index is 0.150. The molecule has 0 radical (unpaired) electrons. The Morgan fingerprint density at radius 1 is 1.38 bits per heavy atom. The predicted molar refractivity (Wildman–Crippen MR) is 65.1 cm³/mol. The van der Waals surface area contributed by atoms with Gasteiger partial charge in [-0.05, 0) is 19.5 Å². The fourth-order valence-electron chi connectivity index (χ4n) is 2.20. The van der Waals surface area contributed by atoms with E-state index in [4.69, 9.17) is 4.74 Å². The number of rotatable bonds is 3. The highest BCUT2D eigenvalue weighted by Crippen LogP contribution is 2.15. The van der Waals surface area contributed by atoms with Gasteiger partial charge in [-0.3, -0.25) is 10.2 Å². The molecule has 88 valence electrons. The van der Waals surface area contributed by atoms with Crippen molar-refractivity contribution >= 4 is 0 Å². The lowest BCUT2D eigenvalue weighted by Crippen LogP contribution is -2.54. The molecule has 0 aliphatic carbocycles. The second kappa shape index (κ2) is 5.43. The predicted octanol–water partition coefficient (Wildman–Crippen LogP) is 1.45. The maximum Gasteiger partial charge on any atom is 0.123 e. The summed E-state index contributed by atoms with van der Waals surface area (Å²) in [6.07, 6.45) is 0.150. The first-order chi connectivity index (χ1) is 7.81. The van der Waals surface area contributed by atoms with Gasteiger partial charge in [-0.25, -0.2) is 0 Å². The van der Waals surface area contributed by atoms with Crippen molar-refractivity contribution in [2.45, 2.75) is 25.7 Å². The van der Waals surface area contributed by atoms with Crippen LogP contribution < -0.4 is 5.32 Å². The SMILES string of the molecule is CNC1OCCN(Cc2ccccc2)C1C. The molecule has 3 heteroatoms. The van der Waals surface area contributed by atoms with Crippen LogP contribution in [-0.4, -0.2) is 37.4 Å². The zero-order valence-electron chi connectivity index (χ0n) is 10.0. The molecule has 2 atom stereocenters. The first kappa shape index (κ1) is 11.6. The van der Waals surface area contributed by atoms with Gasteiger partial charge in [0.2, 0.25) is 0 Å². The number of morpholine rings is 1. The summed E-state index contributed by atoms with van der Waals surface area (Å²) in [6.45, 7) is 5.03. The topological polar surface area (TPSA) is 24.5 Å². The van der Waals surface area contributed by atoms with E-state index in [0.717, 1.165) is 19.7 Å². The zero-order chi connectivity index (χ0) is 11.4. The van der Waals surface area contributed by atoms with Gasteiger partial charge in [0.15, 0.2) is 0 Å². The van der Waals surface area contributed by atoms with Crippen molar-refractivity contribution in [1.29, 1.82) is 0 Å². The molecule has 1 aliphatic heterocycles. The van der Waals surface area contributed by atoms with E-state index < -0.39 is 0 Å². The Kier molecular flexibility index (Phi) is 3.93. The average Bonchev–Trinajstić information content (AvgIpc) is 2.33. The molecule has 3 nitrogen and oxygen atoms in total. The number of hydrogen-bond acceptors (Lipinski definition) is 3. The van der Waals surface area contributed by atoms with Gasteiger partial charge in [-0.15, -0.1) is 0 Å². The van der Waals surface area contributed by atoms with Gasteiger partial charge >= 0.3 is 0 Å². The van der Waals surface area contributed by atoms with E-state index in [1.54, 1.807) is 0 Å². The Labute approximate surface area is 97.4 Å². The van der Waals surface area contributed by atoms with Gasteiger partial charge in [-0.2, -0.15) is 0 Å². The van der Waals surface area contributed by atoms with Crippen LogP contribution in [0.15, 0.2) is 30.3 Å². The number of likely N-dealkylation sites (N-methyl/N-ethyl adjacent to an activating group) is 1. The van der Waals surface area contributed by atoms with Crippen LogP contribution in [-0.2, 0) is 11.3 Å². The number of nitrogens with zero attached hydrogens (tertiary/aromatic N) is 1. The van der Waals surface area contributed by atoms with E-state index in [2.05, 4.69) is 47.5 Å². The lowest BCUT2D eigenvalue weighted by Gasteiger charge is -2.39. The van der Waals surface area contributed by atoms with Crippen molar-refractivity contribution in [2.75, 3.05) is 20.2 Å². The Bertz CT molecular complexity index is 315. The second-order valence-corrected chi connectivity index (χ2v) is 4.28. The van der Waals surface area contributed by atoms with Crippen molar-refractivity contribution in [3.8, 4) is 0 Å². The molecule has 16 heavy (non-hydrogen) atoms. The molecule has 0 bridgehead atoms. The summed E-state index contributed by atoms with van der Waals surface area (Å²) in [5.74, 6) is 0. The van der Waals surface area contributed by atoms with Crippen molar-refractivity contribution in [3.63, 3.8) is 0 Å². The molecule has 1 aromatic rings. The highest BCUT2D eigenvalue weighted by Gasteiger charge is 2.27. The smallest absolute Gasteiger partial charge is 0.123 e. The van der Waals surface area contributed by atoms with Crippen LogP contribution in [0.4, 0.5) is 0 Å². The van der Waals surface area contributed by atoms with Gasteiger partial charge in [-0.1, -0.05) is 30.3 Å². The number of benzene rings is 1. The van der Waals surface area contributed by atoms with Gasteiger partial charge in [0.05, 0.1) is 6.61 Å². The molecule has 1 aliphatic rings. The highest BCUT2D eigenvalue weighted by molar-refractivity contribution is 5.14. The molecule has 2 rings (SSSR count). The largest absolute Gasteiger partial charge is 0.360 e. The summed E-state index contributed by atoms with van der Waals surface area (Å²) in [5.41, 5.74) is 1.37. The minimum absolute atomic E-state index is 0.150. The molecular weight excluding hydrogens is 200 g/mol. The third-order valence-electron chi connectivity index (χ3n) is 3.20. The van der Waals surface area contributed by atoms with Crippen LogP contribution in [0.3, 0.4) is 0 Å². The van der Waals surface area contributed by atoms with E-state index in [1.165, 1.54) is 5.56 Å². The van der Waals surface area contributed by atoms with E-state index in [9.17, 15) is 0 Å². The molecule has 1 heterocycles. The van der Waals surface area contributed by atoms with Gasteiger partial charge in [0.25, 0.3) is 0 Å². The minimum Gasteiger partial charge on any atom is -0.360 e. The zero-order valence-corrected chi connectivity index (χ0v) is 10.0. The Hall–Kier alpha value is -0.900. The van der Waals surface area contributed by atoms with E-state index >= 15 is 0 Å². The summed E-state index contributed by atoms with van der Waals surface area (Å²) >= 11 is 0. The fourth-order valence-corrected chi connectivity index (χ4v) is 2.20. The normalized spacial score (nSPS) is 26.9. The molecule has 0 spiro atoms. The Morgan fingerprint density at radius 2 is 2.12 bits per heavy atom. The Morgan fingerprint density at radius 3 is 2.81 bits per heavy atom. The quantitative estimate of drug-likeness (QED) is 0.834. The molecule has 2 unspecified atom stereocenters. The second-order valence-electron chi connectivity index (χ2n) is 4.28. The molecular formula is C13H20N2O. The number of nitrogens with one attached hydrogen (secondary N) is 1. The molecule has 0 saturated carbocycles. The summed E-state index contributed by atoms with van der Waals surface area (Å²) < 4.78 is 5.65. The standard InChI is InChI=1S/C13H20N2O/c1-11-13(14-2)16-9-8-15(11)10-12-6-4-3-5-7-12/h3-7,11,13-14H,8-10H2,1-2H3. The summed E-state index contributed by atoms with van der Waals surface area (Å²) in [5, 5.41) is 3.21. The first-order valence-corrected chi connectivity index (χ1v) is 5.88. The van der Waals surface area contributed by atoms with Crippen LogP contribution in [0, 0.1) is 0 Å². The summed E-state index contributed by atoms with van der Waals surface area (Å²) in [4.78, 5) is 2.46. The van der Waals surface area contributed by atoms with Crippen molar-refractivity contribution in [2.24, 2.45) is 0 Å². The number of ether oxygens (including phenoxy) is 1. The van der Waals surface area contributed by atoms with Gasteiger partial charge < -0.3 is 4.74 Å². The average molecular weight is 220 g/mol. The molecule has 0 aromatic heterocycles. The van der Waals surface area contributed by atoms with E-state index in [-0.39, 0.29) is 6.23 Å². The first-order valence-electron chi connectivity index (χ1n) is 5.88.